The third-order valence-corrected chi connectivity index (χ3v) is 3.52. The van der Waals surface area contributed by atoms with Gasteiger partial charge in [-0.3, -0.25) is 4.98 Å². The van der Waals surface area contributed by atoms with Crippen molar-refractivity contribution in [1.29, 1.82) is 0 Å². The van der Waals surface area contributed by atoms with Crippen molar-refractivity contribution >= 4 is 5.71 Å². The average Bonchev–Trinajstić information content (AvgIpc) is 2.92. The minimum absolute atomic E-state index is 0.596. The highest BCUT2D eigenvalue weighted by atomic mass is 16.5. The summed E-state index contributed by atoms with van der Waals surface area (Å²) in [6.07, 6.45) is 4.21. The lowest BCUT2D eigenvalue weighted by molar-refractivity contribution is 0.317. The van der Waals surface area contributed by atoms with Gasteiger partial charge in [0.05, 0.1) is 12.3 Å². The van der Waals surface area contributed by atoms with Gasteiger partial charge >= 0.3 is 0 Å². The molecule has 0 bridgehead atoms. The molecule has 1 aliphatic rings. The first-order valence-electron chi connectivity index (χ1n) is 6.74. The van der Waals surface area contributed by atoms with E-state index in [-0.39, 0.29) is 0 Å². The fourth-order valence-electron chi connectivity index (χ4n) is 2.52. The van der Waals surface area contributed by atoms with Crippen molar-refractivity contribution in [3.63, 3.8) is 0 Å². The van der Waals surface area contributed by atoms with Gasteiger partial charge in [-0.25, -0.2) is 0 Å². The van der Waals surface area contributed by atoms with Crippen molar-refractivity contribution in [3.05, 3.63) is 59.4 Å². The molecule has 1 N–H and O–H groups in total. The molecule has 0 saturated carbocycles. The minimum Gasteiger partial charge on any atom is -0.493 e. The van der Waals surface area contributed by atoms with Crippen molar-refractivity contribution < 1.29 is 9.94 Å². The summed E-state index contributed by atoms with van der Waals surface area (Å²) in [5, 5.41) is 12.3. The molecule has 4 heteroatoms. The predicted octanol–water partition coefficient (Wildman–Crippen LogP) is 2.83. The highest BCUT2D eigenvalue weighted by Gasteiger charge is 2.21. The van der Waals surface area contributed by atoms with E-state index in [1.807, 2.05) is 36.4 Å². The molecule has 0 fully saturated rings. The fraction of sp³-hybridized carbons (Fsp3) is 0.250. The quantitative estimate of drug-likeness (QED) is 0.685. The molecule has 0 spiro atoms. The zero-order valence-corrected chi connectivity index (χ0v) is 11.1. The number of oxime groups is 1. The highest BCUT2D eigenvalue weighted by molar-refractivity contribution is 6.04. The van der Waals surface area contributed by atoms with Crippen LogP contribution in [0.5, 0.6) is 5.75 Å². The molecule has 0 amide bonds. The Labute approximate surface area is 117 Å². The normalized spacial score (nSPS) is 15.3. The van der Waals surface area contributed by atoms with Crippen LogP contribution in [0.3, 0.4) is 0 Å². The van der Waals surface area contributed by atoms with Gasteiger partial charge < -0.3 is 9.94 Å². The number of aromatic nitrogens is 1. The van der Waals surface area contributed by atoms with E-state index in [1.165, 1.54) is 0 Å². The molecule has 1 aromatic heterocycles. The maximum absolute atomic E-state index is 8.97. The van der Waals surface area contributed by atoms with Crippen LogP contribution < -0.4 is 4.74 Å². The predicted molar refractivity (Wildman–Crippen MR) is 76.5 cm³/mol. The second-order valence-corrected chi connectivity index (χ2v) is 4.75. The Balaban J connectivity index is 1.69. The lowest BCUT2D eigenvalue weighted by Gasteiger charge is -2.10. The van der Waals surface area contributed by atoms with Gasteiger partial charge in [-0.2, -0.15) is 0 Å². The van der Waals surface area contributed by atoms with E-state index < -0.39 is 0 Å². The molecule has 0 atom stereocenters. The number of nitrogens with zero attached hydrogens (tertiary/aromatic N) is 2. The van der Waals surface area contributed by atoms with Crippen LogP contribution in [0, 0.1) is 0 Å². The van der Waals surface area contributed by atoms with E-state index in [9.17, 15) is 0 Å². The largest absolute Gasteiger partial charge is 0.493 e. The maximum Gasteiger partial charge on any atom is 0.123 e. The summed E-state index contributed by atoms with van der Waals surface area (Å²) in [5.41, 5.74) is 3.91. The zero-order chi connectivity index (χ0) is 13.8. The van der Waals surface area contributed by atoms with Gasteiger partial charge in [0.1, 0.15) is 5.75 Å². The third-order valence-electron chi connectivity index (χ3n) is 3.52. The van der Waals surface area contributed by atoms with Gasteiger partial charge in [0.25, 0.3) is 0 Å². The number of benzene rings is 1. The number of fused-ring (bicyclic) bond motifs is 1. The van der Waals surface area contributed by atoms with Crippen LogP contribution in [0.15, 0.2) is 47.8 Å². The summed E-state index contributed by atoms with van der Waals surface area (Å²) in [6.45, 7) is 0.596. The fourth-order valence-corrected chi connectivity index (χ4v) is 2.52. The SMILES string of the molecule is ON=C1CCc2c(OCCc3ccccn3)cccc21. The monoisotopic (exact) mass is 268 g/mol. The van der Waals surface area contributed by atoms with Crippen LogP contribution in [0.25, 0.3) is 0 Å². The molecule has 1 aromatic carbocycles. The van der Waals surface area contributed by atoms with E-state index in [0.717, 1.165) is 47.5 Å². The summed E-state index contributed by atoms with van der Waals surface area (Å²) in [4.78, 5) is 4.28. The summed E-state index contributed by atoms with van der Waals surface area (Å²) < 4.78 is 5.87. The average molecular weight is 268 g/mol. The highest BCUT2D eigenvalue weighted by Crippen LogP contribution is 2.30. The topological polar surface area (TPSA) is 54.7 Å². The first-order chi connectivity index (χ1) is 9.88. The van der Waals surface area contributed by atoms with E-state index in [2.05, 4.69) is 10.1 Å². The Hall–Kier alpha value is -2.36. The molecule has 1 heterocycles. The first kappa shape index (κ1) is 12.7. The summed E-state index contributed by atoms with van der Waals surface area (Å²) in [7, 11) is 0. The lowest BCUT2D eigenvalue weighted by Crippen LogP contribution is -2.04. The van der Waals surface area contributed by atoms with Crippen molar-refractivity contribution in [2.24, 2.45) is 5.16 Å². The molecule has 0 saturated heterocycles. The molecule has 3 rings (SSSR count). The second-order valence-electron chi connectivity index (χ2n) is 4.75. The number of hydrogen-bond donors (Lipinski definition) is 1. The number of pyridine rings is 1. The number of hydrogen-bond acceptors (Lipinski definition) is 4. The Morgan fingerprint density at radius 3 is 2.90 bits per heavy atom. The lowest BCUT2D eigenvalue weighted by atomic mass is 10.1. The maximum atomic E-state index is 8.97. The second kappa shape index (κ2) is 5.74. The van der Waals surface area contributed by atoms with Crippen LogP contribution in [-0.4, -0.2) is 22.5 Å². The van der Waals surface area contributed by atoms with Gasteiger partial charge in [-0.15, -0.1) is 0 Å². The summed E-state index contributed by atoms with van der Waals surface area (Å²) in [5.74, 6) is 0.886. The molecule has 0 radical (unpaired) electrons. The molecule has 1 aliphatic carbocycles. The van der Waals surface area contributed by atoms with Gasteiger partial charge in [-0.05, 0) is 31.0 Å². The standard InChI is InChI=1S/C16H16N2O2/c19-18-15-8-7-14-13(15)5-3-6-16(14)20-11-9-12-4-1-2-10-17-12/h1-6,10,19H,7-9,11H2. The number of ether oxygens (including phenoxy) is 1. The van der Waals surface area contributed by atoms with Gasteiger partial charge in [0.2, 0.25) is 0 Å². The molecule has 102 valence electrons. The van der Waals surface area contributed by atoms with E-state index >= 15 is 0 Å². The van der Waals surface area contributed by atoms with Crippen LogP contribution in [0.1, 0.15) is 23.2 Å². The van der Waals surface area contributed by atoms with Crippen LogP contribution in [0.2, 0.25) is 0 Å². The van der Waals surface area contributed by atoms with Crippen LogP contribution >= 0.6 is 0 Å². The Kier molecular flexibility index (Phi) is 3.63. The molecule has 4 nitrogen and oxygen atoms in total. The third kappa shape index (κ3) is 2.50. The van der Waals surface area contributed by atoms with Crippen molar-refractivity contribution in [3.8, 4) is 5.75 Å². The molecule has 2 aromatic rings. The van der Waals surface area contributed by atoms with Crippen molar-refractivity contribution in [1.82, 2.24) is 4.98 Å². The molecule has 0 aliphatic heterocycles. The summed E-state index contributed by atoms with van der Waals surface area (Å²) in [6, 6.07) is 11.8. The minimum atomic E-state index is 0.596. The summed E-state index contributed by atoms with van der Waals surface area (Å²) >= 11 is 0. The van der Waals surface area contributed by atoms with Gasteiger partial charge in [-0.1, -0.05) is 23.4 Å². The molecule has 20 heavy (non-hydrogen) atoms. The number of rotatable bonds is 4. The first-order valence-corrected chi connectivity index (χ1v) is 6.74. The molecule has 0 unspecified atom stereocenters. The Morgan fingerprint density at radius 2 is 2.10 bits per heavy atom. The Morgan fingerprint density at radius 1 is 1.15 bits per heavy atom. The van der Waals surface area contributed by atoms with Crippen LogP contribution in [0.4, 0.5) is 0 Å². The van der Waals surface area contributed by atoms with E-state index in [1.54, 1.807) is 6.20 Å². The smallest absolute Gasteiger partial charge is 0.123 e. The van der Waals surface area contributed by atoms with Gasteiger partial charge in [0, 0.05) is 29.4 Å². The van der Waals surface area contributed by atoms with E-state index in [4.69, 9.17) is 9.94 Å². The van der Waals surface area contributed by atoms with Crippen LogP contribution in [-0.2, 0) is 12.8 Å². The molecular weight excluding hydrogens is 252 g/mol. The van der Waals surface area contributed by atoms with Crippen molar-refractivity contribution in [2.45, 2.75) is 19.3 Å². The van der Waals surface area contributed by atoms with E-state index in [0.29, 0.717) is 6.61 Å². The Bertz CT molecular complexity index is 624. The molecular formula is C16H16N2O2. The van der Waals surface area contributed by atoms with Gasteiger partial charge in [0.15, 0.2) is 0 Å². The zero-order valence-electron chi connectivity index (χ0n) is 11.1. The van der Waals surface area contributed by atoms with Crippen molar-refractivity contribution in [2.75, 3.05) is 6.61 Å².